The number of amides is 1. The maximum Gasteiger partial charge on any atom is 0.254 e. The van der Waals surface area contributed by atoms with Gasteiger partial charge in [-0.2, -0.15) is 5.10 Å². The van der Waals surface area contributed by atoms with Crippen LogP contribution in [0.3, 0.4) is 0 Å². The number of aryl methyl sites for hydroxylation is 2. The Hall–Kier alpha value is -4.72. The first kappa shape index (κ1) is 25.0. The number of nitrogens with zero attached hydrogens (tertiary/aromatic N) is 3. The molecule has 2 heterocycles. The highest BCUT2D eigenvalue weighted by Crippen LogP contribution is 2.33. The van der Waals surface area contributed by atoms with Crippen LogP contribution in [0, 0.1) is 25.5 Å². The maximum atomic E-state index is 14.6. The summed E-state index contributed by atoms with van der Waals surface area (Å²) < 4.78 is 41.3. The normalized spacial score (nSPS) is 10.9. The third kappa shape index (κ3) is 5.34. The van der Waals surface area contributed by atoms with Crippen LogP contribution in [0.1, 0.15) is 32.9 Å². The summed E-state index contributed by atoms with van der Waals surface area (Å²) in [5, 5.41) is 4.65. The molecule has 5 aromatic rings. The maximum absolute atomic E-state index is 14.6. The molecule has 3 aromatic carbocycles. The molecule has 0 N–H and O–H groups in total. The second-order valence-corrected chi connectivity index (χ2v) is 8.90. The molecule has 5 rings (SSSR count). The Balaban J connectivity index is 1.58. The smallest absolute Gasteiger partial charge is 0.254 e. The van der Waals surface area contributed by atoms with Gasteiger partial charge >= 0.3 is 0 Å². The van der Waals surface area contributed by atoms with Crippen molar-refractivity contribution in [3.05, 3.63) is 131 Å². The molecule has 38 heavy (non-hydrogen) atoms. The van der Waals surface area contributed by atoms with Gasteiger partial charge in [-0.3, -0.25) is 4.79 Å². The summed E-state index contributed by atoms with van der Waals surface area (Å²) in [6.07, 6.45) is 1.55. The molecule has 6 nitrogen and oxygen atoms in total. The van der Waals surface area contributed by atoms with Gasteiger partial charge in [0.05, 0.1) is 36.3 Å². The van der Waals surface area contributed by atoms with Gasteiger partial charge in [0.1, 0.15) is 11.6 Å². The first-order valence-electron chi connectivity index (χ1n) is 12.0. The lowest BCUT2D eigenvalue weighted by Gasteiger charge is -2.23. The van der Waals surface area contributed by atoms with Gasteiger partial charge in [0.25, 0.3) is 5.91 Å². The van der Waals surface area contributed by atoms with Crippen molar-refractivity contribution in [1.82, 2.24) is 14.7 Å². The van der Waals surface area contributed by atoms with Crippen LogP contribution in [0.4, 0.5) is 8.78 Å². The van der Waals surface area contributed by atoms with E-state index < -0.39 is 11.6 Å². The molecule has 2 aromatic heterocycles. The SMILES string of the molecule is Cc1ccc(C(=O)N(Cc2ccco2)Cc2c(C)nn(-c3ccccc3)c2Oc2ccc(F)cc2F)cc1. The number of hydrogen-bond acceptors (Lipinski definition) is 4. The fourth-order valence-corrected chi connectivity index (χ4v) is 4.09. The summed E-state index contributed by atoms with van der Waals surface area (Å²) in [6.45, 7) is 4.04. The molecule has 0 radical (unpaired) electrons. The van der Waals surface area contributed by atoms with Gasteiger partial charge in [0.2, 0.25) is 5.88 Å². The predicted octanol–water partition coefficient (Wildman–Crippen LogP) is 7.00. The van der Waals surface area contributed by atoms with Crippen molar-refractivity contribution >= 4 is 5.91 Å². The first-order chi connectivity index (χ1) is 18.4. The average Bonchev–Trinajstić information content (AvgIpc) is 3.54. The zero-order chi connectivity index (χ0) is 26.6. The van der Waals surface area contributed by atoms with Crippen molar-refractivity contribution in [3.8, 4) is 17.3 Å². The molecular formula is C30H25F2N3O3. The standard InChI is InChI=1S/C30H25F2N3O3/c1-20-10-12-22(13-11-20)29(36)34(18-25-9-6-16-37-25)19-26-21(2)33-35(24-7-4-3-5-8-24)30(26)38-28-15-14-23(31)17-27(28)32/h3-17H,18-19H2,1-2H3. The fourth-order valence-electron chi connectivity index (χ4n) is 4.09. The van der Waals surface area contributed by atoms with Gasteiger partial charge in [-0.25, -0.2) is 13.5 Å². The molecule has 0 aliphatic heterocycles. The third-order valence-electron chi connectivity index (χ3n) is 6.10. The Labute approximate surface area is 218 Å². The monoisotopic (exact) mass is 513 g/mol. The Morgan fingerprint density at radius 3 is 2.39 bits per heavy atom. The molecule has 0 fully saturated rings. The first-order valence-corrected chi connectivity index (χ1v) is 12.0. The Morgan fingerprint density at radius 1 is 0.947 bits per heavy atom. The number of hydrogen-bond donors (Lipinski definition) is 0. The highest BCUT2D eigenvalue weighted by Gasteiger charge is 2.26. The summed E-state index contributed by atoms with van der Waals surface area (Å²) in [5.41, 5.74) is 3.40. The van der Waals surface area contributed by atoms with Crippen molar-refractivity contribution in [2.75, 3.05) is 0 Å². The number of aromatic nitrogens is 2. The zero-order valence-corrected chi connectivity index (χ0v) is 20.9. The molecule has 0 spiro atoms. The molecular weight excluding hydrogens is 488 g/mol. The van der Waals surface area contributed by atoms with Gasteiger partial charge < -0.3 is 14.1 Å². The lowest BCUT2D eigenvalue weighted by Crippen LogP contribution is -2.30. The van der Waals surface area contributed by atoms with Crippen LogP contribution in [0.2, 0.25) is 0 Å². The second-order valence-electron chi connectivity index (χ2n) is 8.90. The van der Waals surface area contributed by atoms with Crippen LogP contribution in [0.5, 0.6) is 11.6 Å². The molecule has 0 aliphatic carbocycles. The lowest BCUT2D eigenvalue weighted by molar-refractivity contribution is 0.0716. The van der Waals surface area contributed by atoms with Crippen molar-refractivity contribution in [2.45, 2.75) is 26.9 Å². The number of carbonyl (C=O) groups is 1. The number of carbonyl (C=O) groups excluding carboxylic acids is 1. The minimum absolute atomic E-state index is 0.101. The summed E-state index contributed by atoms with van der Waals surface area (Å²) in [7, 11) is 0. The van der Waals surface area contributed by atoms with Crippen molar-refractivity contribution in [3.63, 3.8) is 0 Å². The van der Waals surface area contributed by atoms with Crippen LogP contribution < -0.4 is 4.74 Å². The molecule has 192 valence electrons. The van der Waals surface area contributed by atoms with E-state index in [1.807, 2.05) is 49.4 Å². The van der Waals surface area contributed by atoms with E-state index in [0.717, 1.165) is 17.7 Å². The van der Waals surface area contributed by atoms with Crippen LogP contribution in [-0.4, -0.2) is 20.6 Å². The van der Waals surface area contributed by atoms with Crippen molar-refractivity contribution < 1.29 is 22.7 Å². The highest BCUT2D eigenvalue weighted by molar-refractivity contribution is 5.94. The number of ether oxygens (including phenoxy) is 1. The fraction of sp³-hybridized carbons (Fsp3) is 0.133. The molecule has 8 heteroatoms. The number of benzene rings is 3. The summed E-state index contributed by atoms with van der Waals surface area (Å²) in [4.78, 5) is 15.3. The van der Waals surface area contributed by atoms with E-state index in [9.17, 15) is 13.6 Å². The number of halogens is 2. The van der Waals surface area contributed by atoms with Gasteiger partial charge in [-0.1, -0.05) is 35.9 Å². The Kier molecular flexibility index (Phi) is 7.04. The number of furan rings is 1. The minimum Gasteiger partial charge on any atom is -0.467 e. The summed E-state index contributed by atoms with van der Waals surface area (Å²) in [5.74, 6) is -1.11. The van der Waals surface area contributed by atoms with E-state index in [1.165, 1.54) is 6.07 Å². The van der Waals surface area contributed by atoms with Crippen LogP contribution in [0.15, 0.2) is 95.6 Å². The van der Waals surface area contributed by atoms with Crippen LogP contribution in [0.25, 0.3) is 5.69 Å². The Morgan fingerprint density at radius 2 is 1.71 bits per heavy atom. The van der Waals surface area contributed by atoms with E-state index in [1.54, 1.807) is 47.0 Å². The zero-order valence-electron chi connectivity index (χ0n) is 20.9. The molecule has 0 bridgehead atoms. The minimum atomic E-state index is -0.849. The van der Waals surface area contributed by atoms with Gasteiger partial charge in [0.15, 0.2) is 11.6 Å². The lowest BCUT2D eigenvalue weighted by atomic mass is 10.1. The highest BCUT2D eigenvalue weighted by atomic mass is 19.1. The molecule has 0 saturated carbocycles. The van der Waals surface area contributed by atoms with Crippen LogP contribution >= 0.6 is 0 Å². The topological polar surface area (TPSA) is 60.5 Å². The quantitative estimate of drug-likeness (QED) is 0.224. The van der Waals surface area contributed by atoms with E-state index in [-0.39, 0.29) is 30.6 Å². The van der Waals surface area contributed by atoms with Crippen LogP contribution in [-0.2, 0) is 13.1 Å². The van der Waals surface area contributed by atoms with E-state index in [2.05, 4.69) is 5.10 Å². The molecule has 1 amide bonds. The largest absolute Gasteiger partial charge is 0.467 e. The Bertz CT molecular complexity index is 1550. The van der Waals surface area contributed by atoms with E-state index >= 15 is 0 Å². The van der Waals surface area contributed by atoms with E-state index in [0.29, 0.717) is 28.3 Å². The third-order valence-corrected chi connectivity index (χ3v) is 6.10. The van der Waals surface area contributed by atoms with Crippen molar-refractivity contribution in [1.29, 1.82) is 0 Å². The molecule has 0 aliphatic rings. The summed E-state index contributed by atoms with van der Waals surface area (Å²) >= 11 is 0. The molecule has 0 unspecified atom stereocenters. The predicted molar refractivity (Wildman–Crippen MR) is 138 cm³/mol. The van der Waals surface area contributed by atoms with Crippen molar-refractivity contribution in [2.24, 2.45) is 0 Å². The number of para-hydroxylation sites is 1. The van der Waals surface area contributed by atoms with Gasteiger partial charge in [-0.05, 0) is 62.4 Å². The molecule has 0 atom stereocenters. The number of rotatable bonds is 8. The van der Waals surface area contributed by atoms with Gasteiger partial charge in [-0.15, -0.1) is 0 Å². The summed E-state index contributed by atoms with van der Waals surface area (Å²) in [6, 6.07) is 23.2. The van der Waals surface area contributed by atoms with E-state index in [4.69, 9.17) is 9.15 Å². The van der Waals surface area contributed by atoms with Gasteiger partial charge in [0, 0.05) is 11.6 Å². The molecule has 0 saturated heterocycles. The average molecular weight is 514 g/mol. The second kappa shape index (κ2) is 10.7.